The van der Waals surface area contributed by atoms with Crippen molar-refractivity contribution < 1.29 is 23.8 Å². The first-order valence-electron chi connectivity index (χ1n) is 11.1. The molecule has 2 N–H and O–H groups in total. The predicted molar refractivity (Wildman–Crippen MR) is 126 cm³/mol. The molecule has 0 saturated carbocycles. The average molecular weight is 468 g/mol. The van der Waals surface area contributed by atoms with Gasteiger partial charge in [0.2, 0.25) is 12.7 Å². The van der Waals surface area contributed by atoms with E-state index in [0.29, 0.717) is 28.5 Å². The number of urea groups is 1. The van der Waals surface area contributed by atoms with Crippen LogP contribution in [0.4, 0.5) is 16.2 Å². The molecule has 3 aliphatic heterocycles. The number of benzene rings is 3. The summed E-state index contributed by atoms with van der Waals surface area (Å²) < 4.78 is 17.0. The van der Waals surface area contributed by atoms with E-state index < -0.39 is 11.4 Å². The topological polar surface area (TPSA) is 113 Å². The van der Waals surface area contributed by atoms with Crippen LogP contribution in [0.1, 0.15) is 16.7 Å². The highest BCUT2D eigenvalue weighted by atomic mass is 16.7. The molecule has 0 bridgehead atoms. The second kappa shape index (κ2) is 7.95. The fraction of sp³-hybridized carbons (Fsp3) is 0.192. The molecule has 0 fully saturated rings. The summed E-state index contributed by atoms with van der Waals surface area (Å²) in [6.07, 6.45) is 0. The summed E-state index contributed by atoms with van der Waals surface area (Å²) in [5.41, 5.74) is 2.52. The Kier molecular flexibility index (Phi) is 4.74. The minimum atomic E-state index is -0.975. The largest absolute Gasteiger partial charge is 0.491 e. The molecule has 0 saturated heterocycles. The molecule has 1 unspecified atom stereocenters. The molecule has 174 valence electrons. The molecule has 0 aromatic heterocycles. The number of nitrogens with zero attached hydrogens (tertiary/aromatic N) is 2. The first-order valence-corrected chi connectivity index (χ1v) is 11.1. The van der Waals surface area contributed by atoms with Crippen molar-refractivity contribution >= 4 is 23.3 Å². The van der Waals surface area contributed by atoms with Crippen LogP contribution in [0.25, 0.3) is 0 Å². The van der Waals surface area contributed by atoms with Crippen LogP contribution in [-0.4, -0.2) is 38.4 Å². The Morgan fingerprint density at radius 2 is 1.77 bits per heavy atom. The lowest BCUT2D eigenvalue weighted by Gasteiger charge is -2.23. The van der Waals surface area contributed by atoms with Gasteiger partial charge in [-0.25, -0.2) is 4.79 Å². The van der Waals surface area contributed by atoms with Crippen LogP contribution < -0.4 is 29.7 Å². The van der Waals surface area contributed by atoms with Gasteiger partial charge in [0.25, 0.3) is 0 Å². The SMILES string of the molecule is N#Cc1ccc(NC(=O)NCCN2C(=O)C3(COc4cc5c(cc43)OCO5)c3ccccc32)cc1. The fourth-order valence-electron chi connectivity index (χ4n) is 4.87. The van der Waals surface area contributed by atoms with Crippen LogP contribution in [0.5, 0.6) is 17.2 Å². The molecule has 1 spiro atoms. The van der Waals surface area contributed by atoms with Crippen molar-refractivity contribution in [2.75, 3.05) is 36.7 Å². The summed E-state index contributed by atoms with van der Waals surface area (Å²) in [4.78, 5) is 27.9. The average Bonchev–Trinajstić information content (AvgIpc) is 3.55. The number of nitrogens with one attached hydrogen (secondary N) is 2. The van der Waals surface area contributed by atoms with E-state index in [4.69, 9.17) is 19.5 Å². The fourth-order valence-corrected chi connectivity index (χ4v) is 4.87. The van der Waals surface area contributed by atoms with E-state index in [1.54, 1.807) is 35.2 Å². The van der Waals surface area contributed by atoms with E-state index >= 15 is 0 Å². The van der Waals surface area contributed by atoms with Crippen molar-refractivity contribution in [3.63, 3.8) is 0 Å². The normalized spacial score (nSPS) is 18.6. The second-order valence-corrected chi connectivity index (χ2v) is 8.44. The molecule has 35 heavy (non-hydrogen) atoms. The number of nitriles is 1. The summed E-state index contributed by atoms with van der Waals surface area (Å²) in [6.45, 7) is 0.855. The Balaban J connectivity index is 1.21. The van der Waals surface area contributed by atoms with Gasteiger partial charge in [0.05, 0.1) is 11.6 Å². The maximum absolute atomic E-state index is 13.9. The minimum absolute atomic E-state index is 0.106. The van der Waals surface area contributed by atoms with Crippen LogP contribution >= 0.6 is 0 Å². The zero-order valence-corrected chi connectivity index (χ0v) is 18.5. The monoisotopic (exact) mass is 468 g/mol. The summed E-state index contributed by atoms with van der Waals surface area (Å²) >= 11 is 0. The number of fused-ring (bicyclic) bond motifs is 5. The Morgan fingerprint density at radius 3 is 2.57 bits per heavy atom. The first kappa shape index (κ1) is 20.9. The Morgan fingerprint density at radius 1 is 1.00 bits per heavy atom. The molecule has 6 rings (SSSR count). The van der Waals surface area contributed by atoms with Crippen molar-refractivity contribution in [1.29, 1.82) is 5.26 Å². The van der Waals surface area contributed by atoms with E-state index in [0.717, 1.165) is 16.8 Å². The molecule has 9 nitrogen and oxygen atoms in total. The maximum atomic E-state index is 13.9. The van der Waals surface area contributed by atoms with Gasteiger partial charge < -0.3 is 29.7 Å². The molecule has 3 amide bonds. The van der Waals surface area contributed by atoms with Gasteiger partial charge >= 0.3 is 6.03 Å². The van der Waals surface area contributed by atoms with Gasteiger partial charge in [-0.2, -0.15) is 5.26 Å². The molecule has 0 aliphatic carbocycles. The van der Waals surface area contributed by atoms with Gasteiger partial charge in [0, 0.05) is 36.1 Å². The summed E-state index contributed by atoms with van der Waals surface area (Å²) in [6, 6.07) is 19.5. The van der Waals surface area contributed by atoms with Crippen LogP contribution in [0.15, 0.2) is 60.7 Å². The van der Waals surface area contributed by atoms with Crippen LogP contribution in [0.2, 0.25) is 0 Å². The lowest BCUT2D eigenvalue weighted by atomic mass is 9.77. The van der Waals surface area contributed by atoms with Crippen LogP contribution in [0.3, 0.4) is 0 Å². The van der Waals surface area contributed by atoms with Gasteiger partial charge in [0.15, 0.2) is 11.5 Å². The number of carbonyl (C=O) groups is 2. The number of para-hydroxylation sites is 1. The maximum Gasteiger partial charge on any atom is 0.319 e. The van der Waals surface area contributed by atoms with E-state index in [1.165, 1.54) is 0 Å². The van der Waals surface area contributed by atoms with Gasteiger partial charge in [0.1, 0.15) is 17.8 Å². The Labute approximate surface area is 200 Å². The third-order valence-corrected chi connectivity index (χ3v) is 6.54. The smallest absolute Gasteiger partial charge is 0.319 e. The molecule has 3 aromatic carbocycles. The predicted octanol–water partition coefficient (Wildman–Crippen LogP) is 3.13. The van der Waals surface area contributed by atoms with Crippen molar-refractivity contribution in [1.82, 2.24) is 5.32 Å². The third kappa shape index (κ3) is 3.22. The lowest BCUT2D eigenvalue weighted by Crippen LogP contribution is -2.45. The molecular formula is C26H20N4O5. The molecule has 9 heteroatoms. The summed E-state index contributed by atoms with van der Waals surface area (Å²) in [5.74, 6) is 1.71. The van der Waals surface area contributed by atoms with Gasteiger partial charge in [-0.1, -0.05) is 18.2 Å². The first-order chi connectivity index (χ1) is 17.1. The van der Waals surface area contributed by atoms with Crippen LogP contribution in [0, 0.1) is 11.3 Å². The van der Waals surface area contributed by atoms with E-state index in [1.807, 2.05) is 36.4 Å². The Hall–Kier alpha value is -4.71. The van der Waals surface area contributed by atoms with E-state index in [-0.39, 0.29) is 32.4 Å². The highest BCUT2D eigenvalue weighted by molar-refractivity contribution is 6.11. The van der Waals surface area contributed by atoms with Crippen molar-refractivity contribution in [3.8, 4) is 23.3 Å². The molecular weight excluding hydrogens is 448 g/mol. The highest BCUT2D eigenvalue weighted by Gasteiger charge is 2.57. The van der Waals surface area contributed by atoms with E-state index in [9.17, 15) is 9.59 Å². The number of hydrogen-bond acceptors (Lipinski definition) is 6. The lowest BCUT2D eigenvalue weighted by molar-refractivity contribution is -0.122. The quantitative estimate of drug-likeness (QED) is 0.608. The zero-order chi connectivity index (χ0) is 24.0. The summed E-state index contributed by atoms with van der Waals surface area (Å²) in [5, 5.41) is 14.4. The van der Waals surface area contributed by atoms with Crippen molar-refractivity contribution in [2.24, 2.45) is 0 Å². The van der Waals surface area contributed by atoms with Crippen LogP contribution in [-0.2, 0) is 10.2 Å². The molecule has 3 aliphatic rings. The number of hydrogen-bond donors (Lipinski definition) is 2. The zero-order valence-electron chi connectivity index (χ0n) is 18.5. The number of carbonyl (C=O) groups excluding carboxylic acids is 2. The second-order valence-electron chi connectivity index (χ2n) is 8.44. The standard InChI is InChI=1S/C26H20N4O5/c27-13-16-5-7-17(8-6-16)29-25(32)28-9-10-30-20-4-2-1-3-18(20)26(24(30)31)14-33-21-12-23-22(11-19(21)26)34-15-35-23/h1-8,11-12H,9-10,14-15H2,(H2,28,29,32). The number of rotatable bonds is 4. The highest BCUT2D eigenvalue weighted by Crippen LogP contribution is 2.54. The minimum Gasteiger partial charge on any atom is -0.491 e. The molecule has 3 aromatic rings. The molecule has 3 heterocycles. The van der Waals surface area contributed by atoms with Gasteiger partial charge in [-0.05, 0) is 42.0 Å². The number of anilines is 2. The van der Waals surface area contributed by atoms with E-state index in [2.05, 4.69) is 10.6 Å². The number of ether oxygens (including phenoxy) is 3. The molecule has 0 radical (unpaired) electrons. The van der Waals surface area contributed by atoms with Crippen molar-refractivity contribution in [3.05, 3.63) is 77.4 Å². The van der Waals surface area contributed by atoms with Gasteiger partial charge in [-0.3, -0.25) is 4.79 Å². The van der Waals surface area contributed by atoms with Gasteiger partial charge in [-0.15, -0.1) is 0 Å². The third-order valence-electron chi connectivity index (χ3n) is 6.54. The summed E-state index contributed by atoms with van der Waals surface area (Å²) in [7, 11) is 0. The number of amides is 3. The van der Waals surface area contributed by atoms with Crippen molar-refractivity contribution in [2.45, 2.75) is 5.41 Å². The Bertz CT molecular complexity index is 1400. The molecule has 1 atom stereocenters.